The normalized spacial score (nSPS) is 13.3. The number of aromatic nitrogens is 2. The fourth-order valence-electron chi connectivity index (χ4n) is 3.20. The van der Waals surface area contributed by atoms with Crippen LogP contribution in [0, 0.1) is 28.9 Å². The molecule has 1 fully saturated rings. The van der Waals surface area contributed by atoms with Gasteiger partial charge >= 0.3 is 0 Å². The molecule has 1 saturated heterocycles. The first-order valence-electron chi connectivity index (χ1n) is 10.0. The van der Waals surface area contributed by atoms with E-state index in [1.807, 2.05) is 24.3 Å². The van der Waals surface area contributed by atoms with Crippen molar-refractivity contribution < 1.29 is 23.0 Å². The summed E-state index contributed by atoms with van der Waals surface area (Å²) in [6.45, 7) is 2.17. The zero-order valence-electron chi connectivity index (χ0n) is 17.1. The maximum absolute atomic E-state index is 13.8. The third-order valence-electron chi connectivity index (χ3n) is 4.95. The zero-order valence-corrected chi connectivity index (χ0v) is 17.1. The van der Waals surface area contributed by atoms with Crippen LogP contribution in [-0.4, -0.2) is 35.5 Å². The number of nitrogens with one attached hydrogen (secondary N) is 1. The van der Waals surface area contributed by atoms with Gasteiger partial charge in [0.2, 0.25) is 5.91 Å². The van der Waals surface area contributed by atoms with Crippen molar-refractivity contribution >= 4 is 11.7 Å². The van der Waals surface area contributed by atoms with Crippen LogP contribution in [0.3, 0.4) is 0 Å². The van der Waals surface area contributed by atoms with Gasteiger partial charge in [-0.15, -0.1) is 0 Å². The monoisotopic (exact) mass is 438 g/mol. The predicted molar refractivity (Wildman–Crippen MR) is 111 cm³/mol. The Morgan fingerprint density at radius 1 is 1.19 bits per heavy atom. The maximum Gasteiger partial charge on any atom is 0.229 e. The fourth-order valence-corrected chi connectivity index (χ4v) is 3.20. The van der Waals surface area contributed by atoms with E-state index in [4.69, 9.17) is 14.7 Å². The van der Waals surface area contributed by atoms with Gasteiger partial charge in [-0.1, -0.05) is 12.1 Å². The fraction of sp³-hybridized carbons (Fsp3) is 0.261. The standard InChI is InChI=1S/C23H20F2N4O3/c24-20-7-16(8-21(25)19(20)10-26)11-29-6-5-22(28-29)27-23(30)9-15-1-3-18(4-2-15)32-14-17-12-31-13-17/h1-8,17H,9,11-14H2,(H,27,28,30). The van der Waals surface area contributed by atoms with Crippen molar-refractivity contribution in [1.29, 1.82) is 5.26 Å². The molecule has 0 radical (unpaired) electrons. The number of hydrogen-bond acceptors (Lipinski definition) is 5. The number of anilines is 1. The summed E-state index contributed by atoms with van der Waals surface area (Å²) < 4.78 is 39.8. The highest BCUT2D eigenvalue weighted by atomic mass is 19.1. The van der Waals surface area contributed by atoms with Gasteiger partial charge in [-0.2, -0.15) is 10.4 Å². The molecule has 9 heteroatoms. The van der Waals surface area contributed by atoms with E-state index < -0.39 is 17.2 Å². The number of amides is 1. The Morgan fingerprint density at radius 2 is 1.91 bits per heavy atom. The molecular formula is C23H20F2N4O3. The number of ether oxygens (including phenoxy) is 2. The molecule has 164 valence electrons. The minimum absolute atomic E-state index is 0.0872. The SMILES string of the molecule is N#Cc1c(F)cc(Cn2ccc(NC(=O)Cc3ccc(OCC4COC4)cc3)n2)cc1F. The minimum atomic E-state index is -0.920. The number of halogens is 2. The molecule has 32 heavy (non-hydrogen) atoms. The smallest absolute Gasteiger partial charge is 0.229 e. The lowest BCUT2D eigenvalue weighted by molar-refractivity contribution is -0.115. The second kappa shape index (κ2) is 9.58. The first kappa shape index (κ1) is 21.5. The highest BCUT2D eigenvalue weighted by Gasteiger charge is 2.19. The number of benzene rings is 2. The average Bonchev–Trinajstić information content (AvgIpc) is 3.14. The lowest BCUT2D eigenvalue weighted by Crippen LogP contribution is -2.32. The number of carbonyl (C=O) groups excluding carboxylic acids is 1. The molecule has 0 atom stereocenters. The second-order valence-corrected chi connectivity index (χ2v) is 7.53. The maximum atomic E-state index is 13.8. The molecule has 1 aromatic heterocycles. The van der Waals surface area contributed by atoms with Crippen LogP contribution >= 0.6 is 0 Å². The largest absolute Gasteiger partial charge is 0.493 e. The van der Waals surface area contributed by atoms with Gasteiger partial charge in [-0.05, 0) is 35.4 Å². The summed E-state index contributed by atoms with van der Waals surface area (Å²) in [4.78, 5) is 12.3. The number of hydrogen-bond donors (Lipinski definition) is 1. The Hall–Kier alpha value is -3.77. The number of nitriles is 1. The molecule has 0 unspecified atom stereocenters. The van der Waals surface area contributed by atoms with Crippen molar-refractivity contribution in [2.24, 2.45) is 5.92 Å². The highest BCUT2D eigenvalue weighted by molar-refractivity contribution is 5.91. The minimum Gasteiger partial charge on any atom is -0.493 e. The van der Waals surface area contributed by atoms with Crippen LogP contribution in [0.2, 0.25) is 0 Å². The van der Waals surface area contributed by atoms with Gasteiger partial charge in [-0.25, -0.2) is 8.78 Å². The molecule has 2 aromatic carbocycles. The van der Waals surface area contributed by atoms with E-state index >= 15 is 0 Å². The van der Waals surface area contributed by atoms with E-state index in [0.717, 1.165) is 36.7 Å². The zero-order chi connectivity index (χ0) is 22.5. The van der Waals surface area contributed by atoms with Gasteiger partial charge in [0.05, 0.1) is 32.8 Å². The Bertz CT molecular complexity index is 1130. The van der Waals surface area contributed by atoms with Crippen molar-refractivity contribution in [2.45, 2.75) is 13.0 Å². The molecule has 0 aliphatic carbocycles. The van der Waals surface area contributed by atoms with E-state index in [0.29, 0.717) is 23.9 Å². The summed E-state index contributed by atoms with van der Waals surface area (Å²) in [6.07, 6.45) is 1.75. The van der Waals surface area contributed by atoms with Crippen molar-refractivity contribution in [1.82, 2.24) is 9.78 Å². The molecule has 0 saturated carbocycles. The molecule has 4 rings (SSSR count). The van der Waals surface area contributed by atoms with Crippen LogP contribution in [0.1, 0.15) is 16.7 Å². The molecule has 0 bridgehead atoms. The van der Waals surface area contributed by atoms with Crippen molar-refractivity contribution in [3.05, 3.63) is 77.0 Å². The molecule has 1 aliphatic heterocycles. The molecule has 1 N–H and O–H groups in total. The molecule has 7 nitrogen and oxygen atoms in total. The lowest BCUT2D eigenvalue weighted by atomic mass is 10.1. The van der Waals surface area contributed by atoms with Crippen molar-refractivity contribution in [3.63, 3.8) is 0 Å². The lowest BCUT2D eigenvalue weighted by Gasteiger charge is -2.25. The van der Waals surface area contributed by atoms with Crippen LogP contribution in [0.5, 0.6) is 5.75 Å². The molecular weight excluding hydrogens is 418 g/mol. The van der Waals surface area contributed by atoms with Gasteiger partial charge in [0.15, 0.2) is 5.82 Å². The van der Waals surface area contributed by atoms with E-state index in [2.05, 4.69) is 10.4 Å². The Labute approximate surface area is 183 Å². The quantitative estimate of drug-likeness (QED) is 0.583. The highest BCUT2D eigenvalue weighted by Crippen LogP contribution is 2.18. The summed E-state index contributed by atoms with van der Waals surface area (Å²) in [5.74, 6) is -0.572. The number of rotatable bonds is 8. The summed E-state index contributed by atoms with van der Waals surface area (Å²) in [5.41, 5.74) is 0.520. The summed E-state index contributed by atoms with van der Waals surface area (Å²) in [5, 5.41) is 15.6. The Balaban J connectivity index is 1.29. The topological polar surface area (TPSA) is 89.2 Å². The van der Waals surface area contributed by atoms with Gasteiger partial charge in [0.1, 0.15) is 29.0 Å². The molecule has 1 amide bonds. The number of carbonyl (C=O) groups is 1. The third kappa shape index (κ3) is 5.28. The summed E-state index contributed by atoms with van der Waals surface area (Å²) >= 11 is 0. The molecule has 0 spiro atoms. The van der Waals surface area contributed by atoms with Crippen molar-refractivity contribution in [2.75, 3.05) is 25.1 Å². The van der Waals surface area contributed by atoms with Crippen molar-refractivity contribution in [3.8, 4) is 11.8 Å². The molecule has 1 aliphatic rings. The first-order chi connectivity index (χ1) is 15.5. The van der Waals surface area contributed by atoms with Crippen LogP contribution in [0.4, 0.5) is 14.6 Å². The van der Waals surface area contributed by atoms with Gasteiger partial charge in [0.25, 0.3) is 0 Å². The van der Waals surface area contributed by atoms with Crippen LogP contribution in [-0.2, 0) is 22.5 Å². The van der Waals surface area contributed by atoms with Crippen LogP contribution in [0.25, 0.3) is 0 Å². The predicted octanol–water partition coefficient (Wildman–Crippen LogP) is 3.29. The third-order valence-corrected chi connectivity index (χ3v) is 4.95. The van der Waals surface area contributed by atoms with E-state index in [1.165, 1.54) is 10.8 Å². The first-order valence-corrected chi connectivity index (χ1v) is 10.0. The van der Waals surface area contributed by atoms with E-state index in [1.54, 1.807) is 12.3 Å². The molecule has 3 aromatic rings. The van der Waals surface area contributed by atoms with Gasteiger partial charge < -0.3 is 14.8 Å². The number of nitrogens with zero attached hydrogens (tertiary/aromatic N) is 3. The van der Waals surface area contributed by atoms with E-state index in [-0.39, 0.29) is 18.9 Å². The van der Waals surface area contributed by atoms with Crippen LogP contribution in [0.15, 0.2) is 48.7 Å². The van der Waals surface area contributed by atoms with Crippen LogP contribution < -0.4 is 10.1 Å². The van der Waals surface area contributed by atoms with E-state index in [9.17, 15) is 13.6 Å². The Kier molecular flexibility index (Phi) is 6.42. The molecule has 2 heterocycles. The Morgan fingerprint density at radius 3 is 2.53 bits per heavy atom. The van der Waals surface area contributed by atoms with Gasteiger partial charge in [-0.3, -0.25) is 9.48 Å². The summed E-state index contributed by atoms with van der Waals surface area (Å²) in [7, 11) is 0. The average molecular weight is 438 g/mol. The van der Waals surface area contributed by atoms with Gasteiger partial charge in [0, 0.05) is 18.2 Å². The second-order valence-electron chi connectivity index (χ2n) is 7.53. The summed E-state index contributed by atoms with van der Waals surface area (Å²) in [6, 6.07) is 12.6.